The molecule has 0 fully saturated rings. The topological polar surface area (TPSA) is 17.1 Å². The zero-order chi connectivity index (χ0) is 13.3. The molecule has 0 radical (unpaired) electrons. The molecule has 0 unspecified atom stereocenters. The molecule has 2 rings (SSSR count). The number of halogens is 4. The van der Waals surface area contributed by atoms with E-state index in [1.165, 1.54) is 12.1 Å². The zero-order valence-corrected chi connectivity index (χ0v) is 12.8. The SMILES string of the molecule is O=C(c1ccc(Br)cc1Cl)c1cccc(Br)c1F. The number of ketones is 1. The van der Waals surface area contributed by atoms with E-state index in [1.54, 1.807) is 24.3 Å². The van der Waals surface area contributed by atoms with Crippen molar-refractivity contribution in [2.24, 2.45) is 0 Å². The Kier molecular flexibility index (Phi) is 4.20. The monoisotopic (exact) mass is 390 g/mol. The lowest BCUT2D eigenvalue weighted by Gasteiger charge is -2.06. The Bertz CT molecular complexity index is 628. The minimum Gasteiger partial charge on any atom is -0.288 e. The van der Waals surface area contributed by atoms with Crippen LogP contribution in [0.15, 0.2) is 45.3 Å². The molecule has 0 aliphatic rings. The second-order valence-electron chi connectivity index (χ2n) is 3.55. The second-order valence-corrected chi connectivity index (χ2v) is 5.73. The van der Waals surface area contributed by atoms with E-state index in [-0.39, 0.29) is 20.6 Å². The fourth-order valence-corrected chi connectivity index (χ4v) is 2.62. The molecular weight excluding hydrogens is 386 g/mol. The third-order valence-electron chi connectivity index (χ3n) is 2.37. The molecule has 0 spiro atoms. The number of benzene rings is 2. The Morgan fingerprint density at radius 3 is 2.50 bits per heavy atom. The van der Waals surface area contributed by atoms with Gasteiger partial charge in [0.05, 0.1) is 15.1 Å². The Hall–Kier alpha value is -0.710. The van der Waals surface area contributed by atoms with E-state index in [2.05, 4.69) is 31.9 Å². The molecular formula is C13H6Br2ClFO. The third-order valence-corrected chi connectivity index (χ3v) is 3.79. The largest absolute Gasteiger partial charge is 0.288 e. The van der Waals surface area contributed by atoms with Crippen LogP contribution in [0.1, 0.15) is 15.9 Å². The van der Waals surface area contributed by atoms with E-state index in [0.29, 0.717) is 0 Å². The van der Waals surface area contributed by atoms with Crippen LogP contribution in [-0.2, 0) is 0 Å². The summed E-state index contributed by atoms with van der Waals surface area (Å²) >= 11 is 12.3. The molecule has 92 valence electrons. The Morgan fingerprint density at radius 2 is 1.83 bits per heavy atom. The van der Waals surface area contributed by atoms with Crippen molar-refractivity contribution in [3.05, 3.63) is 67.3 Å². The number of carbonyl (C=O) groups is 1. The first-order valence-electron chi connectivity index (χ1n) is 4.94. The summed E-state index contributed by atoms with van der Waals surface area (Å²) in [7, 11) is 0. The van der Waals surface area contributed by atoms with Crippen molar-refractivity contribution in [2.45, 2.75) is 0 Å². The summed E-state index contributed by atoms with van der Waals surface area (Å²) in [6.45, 7) is 0. The van der Waals surface area contributed by atoms with Crippen LogP contribution >= 0.6 is 43.5 Å². The standard InChI is InChI=1S/C13H6Br2ClFO/c14-7-4-5-8(11(16)6-7)13(18)9-2-1-3-10(15)12(9)17/h1-6H. The van der Waals surface area contributed by atoms with Gasteiger partial charge in [-0.1, -0.05) is 33.6 Å². The van der Waals surface area contributed by atoms with Crippen LogP contribution in [0.5, 0.6) is 0 Å². The van der Waals surface area contributed by atoms with E-state index in [0.717, 1.165) is 4.47 Å². The van der Waals surface area contributed by atoms with E-state index < -0.39 is 11.6 Å². The highest BCUT2D eigenvalue weighted by molar-refractivity contribution is 9.10. The van der Waals surface area contributed by atoms with Gasteiger partial charge >= 0.3 is 0 Å². The fourth-order valence-electron chi connectivity index (χ4n) is 1.50. The van der Waals surface area contributed by atoms with Gasteiger partial charge in [-0.15, -0.1) is 0 Å². The van der Waals surface area contributed by atoms with Crippen molar-refractivity contribution in [2.75, 3.05) is 0 Å². The van der Waals surface area contributed by atoms with Crippen LogP contribution in [0, 0.1) is 5.82 Å². The quantitative estimate of drug-likeness (QED) is 0.639. The van der Waals surface area contributed by atoms with Crippen LogP contribution in [-0.4, -0.2) is 5.78 Å². The zero-order valence-electron chi connectivity index (χ0n) is 8.88. The van der Waals surface area contributed by atoms with Crippen molar-refractivity contribution in [3.8, 4) is 0 Å². The number of hydrogen-bond donors (Lipinski definition) is 0. The van der Waals surface area contributed by atoms with Crippen LogP contribution < -0.4 is 0 Å². The van der Waals surface area contributed by atoms with Gasteiger partial charge in [-0.2, -0.15) is 0 Å². The number of carbonyl (C=O) groups excluding carboxylic acids is 1. The van der Waals surface area contributed by atoms with E-state index >= 15 is 0 Å². The van der Waals surface area contributed by atoms with Crippen LogP contribution in [0.25, 0.3) is 0 Å². The lowest BCUT2D eigenvalue weighted by molar-refractivity contribution is 0.103. The van der Waals surface area contributed by atoms with Gasteiger partial charge in [-0.25, -0.2) is 4.39 Å². The molecule has 0 bridgehead atoms. The summed E-state index contributed by atoms with van der Waals surface area (Å²) in [4.78, 5) is 12.2. The maximum absolute atomic E-state index is 13.8. The first-order valence-corrected chi connectivity index (χ1v) is 6.91. The van der Waals surface area contributed by atoms with Gasteiger partial charge in [0.1, 0.15) is 5.82 Å². The number of hydrogen-bond acceptors (Lipinski definition) is 1. The molecule has 0 amide bonds. The molecule has 1 nitrogen and oxygen atoms in total. The van der Waals surface area contributed by atoms with Gasteiger partial charge in [-0.3, -0.25) is 4.79 Å². The van der Waals surface area contributed by atoms with Crippen molar-refractivity contribution in [1.29, 1.82) is 0 Å². The lowest BCUT2D eigenvalue weighted by Crippen LogP contribution is -2.05. The first kappa shape index (κ1) is 13.7. The fraction of sp³-hybridized carbons (Fsp3) is 0. The summed E-state index contributed by atoms with van der Waals surface area (Å²) < 4.78 is 14.8. The minimum absolute atomic E-state index is 0.00593. The molecule has 18 heavy (non-hydrogen) atoms. The summed E-state index contributed by atoms with van der Waals surface area (Å²) in [5.74, 6) is -1.02. The maximum atomic E-state index is 13.8. The van der Waals surface area contributed by atoms with Gasteiger partial charge in [0.25, 0.3) is 0 Å². The molecule has 0 aliphatic heterocycles. The van der Waals surface area contributed by atoms with Gasteiger partial charge in [0.2, 0.25) is 0 Å². The summed E-state index contributed by atoms with van der Waals surface area (Å²) in [6.07, 6.45) is 0. The first-order chi connectivity index (χ1) is 8.50. The minimum atomic E-state index is -0.582. The Morgan fingerprint density at radius 1 is 1.11 bits per heavy atom. The smallest absolute Gasteiger partial charge is 0.197 e. The summed E-state index contributed by atoms with van der Waals surface area (Å²) in [5.41, 5.74) is 0.269. The normalized spacial score (nSPS) is 10.4. The average molecular weight is 392 g/mol. The predicted octanol–water partition coefficient (Wildman–Crippen LogP) is 5.24. The lowest BCUT2D eigenvalue weighted by atomic mass is 10.0. The molecule has 0 saturated heterocycles. The van der Waals surface area contributed by atoms with E-state index in [4.69, 9.17) is 11.6 Å². The van der Waals surface area contributed by atoms with Gasteiger partial charge < -0.3 is 0 Å². The molecule has 0 heterocycles. The number of rotatable bonds is 2. The van der Waals surface area contributed by atoms with Crippen molar-refractivity contribution in [3.63, 3.8) is 0 Å². The summed E-state index contributed by atoms with van der Waals surface area (Å²) in [5, 5.41) is 0.286. The third kappa shape index (κ3) is 2.66. The molecule has 0 atom stereocenters. The van der Waals surface area contributed by atoms with Gasteiger partial charge in [0.15, 0.2) is 5.78 Å². The predicted molar refractivity (Wildman–Crippen MR) is 76.7 cm³/mol. The average Bonchev–Trinajstić information content (AvgIpc) is 2.32. The molecule has 0 saturated carbocycles. The summed E-state index contributed by atoms with van der Waals surface area (Å²) in [6, 6.07) is 9.43. The van der Waals surface area contributed by atoms with Crippen LogP contribution in [0.3, 0.4) is 0 Å². The van der Waals surface area contributed by atoms with Gasteiger partial charge in [-0.05, 0) is 46.3 Å². The second kappa shape index (κ2) is 5.51. The highest BCUT2D eigenvalue weighted by atomic mass is 79.9. The molecule has 2 aromatic carbocycles. The molecule has 2 aromatic rings. The van der Waals surface area contributed by atoms with Crippen molar-refractivity contribution < 1.29 is 9.18 Å². The molecule has 0 N–H and O–H groups in total. The highest BCUT2D eigenvalue weighted by Crippen LogP contribution is 2.26. The van der Waals surface area contributed by atoms with Gasteiger partial charge in [0, 0.05) is 10.0 Å². The van der Waals surface area contributed by atoms with Crippen LogP contribution in [0.4, 0.5) is 4.39 Å². The molecule has 0 aromatic heterocycles. The molecule has 5 heteroatoms. The Balaban J connectivity index is 2.51. The van der Waals surface area contributed by atoms with Crippen LogP contribution in [0.2, 0.25) is 5.02 Å². The van der Waals surface area contributed by atoms with Crippen molar-refractivity contribution >= 4 is 49.2 Å². The van der Waals surface area contributed by atoms with E-state index in [9.17, 15) is 9.18 Å². The van der Waals surface area contributed by atoms with Crippen molar-refractivity contribution in [1.82, 2.24) is 0 Å². The maximum Gasteiger partial charge on any atom is 0.197 e. The molecule has 0 aliphatic carbocycles. The van der Waals surface area contributed by atoms with E-state index in [1.807, 2.05) is 0 Å². The highest BCUT2D eigenvalue weighted by Gasteiger charge is 2.18. The Labute approximate surface area is 125 Å².